The number of thiophene rings is 1. The summed E-state index contributed by atoms with van der Waals surface area (Å²) >= 11 is 4.69. The van der Waals surface area contributed by atoms with Crippen LogP contribution < -0.4 is 11.2 Å². The smallest absolute Gasteiger partial charge is 0.290 e. The summed E-state index contributed by atoms with van der Waals surface area (Å²) in [5.74, 6) is 0. The average molecular weight is 417 g/mol. The molecule has 126 valence electrons. The monoisotopic (exact) mass is 416 g/mol. The Morgan fingerprint density at radius 3 is 2.76 bits per heavy atom. The van der Waals surface area contributed by atoms with Gasteiger partial charge in [0.05, 0.1) is 32.7 Å². The van der Waals surface area contributed by atoms with Crippen molar-refractivity contribution in [3.05, 3.63) is 54.7 Å². The molecule has 0 atom stereocenters. The second kappa shape index (κ2) is 5.64. The van der Waals surface area contributed by atoms with Crippen LogP contribution in [0.15, 0.2) is 37.9 Å². The van der Waals surface area contributed by atoms with Crippen LogP contribution in [0.3, 0.4) is 0 Å². The SMILES string of the molecule is Cc1cncc(-n2c(=O)c3sc(Br)cc3n(CC3(C#N)CC3)c2=O)c1. The van der Waals surface area contributed by atoms with E-state index in [2.05, 4.69) is 27.0 Å². The third-order valence-electron chi connectivity index (χ3n) is 4.46. The number of halogens is 1. The minimum absolute atomic E-state index is 0.293. The molecule has 3 aromatic heterocycles. The van der Waals surface area contributed by atoms with Gasteiger partial charge in [-0.2, -0.15) is 5.26 Å². The molecule has 3 aromatic rings. The van der Waals surface area contributed by atoms with Crippen LogP contribution in [0, 0.1) is 23.7 Å². The Morgan fingerprint density at radius 2 is 2.12 bits per heavy atom. The molecule has 4 rings (SSSR count). The molecule has 1 aliphatic rings. The van der Waals surface area contributed by atoms with Crippen LogP contribution >= 0.6 is 27.3 Å². The van der Waals surface area contributed by atoms with Crippen molar-refractivity contribution in [1.82, 2.24) is 14.1 Å². The molecular weight excluding hydrogens is 404 g/mol. The Bertz CT molecular complexity index is 1160. The van der Waals surface area contributed by atoms with Gasteiger partial charge in [-0.25, -0.2) is 9.36 Å². The molecule has 0 N–H and O–H groups in total. The van der Waals surface area contributed by atoms with E-state index in [1.165, 1.54) is 17.5 Å². The maximum absolute atomic E-state index is 13.1. The van der Waals surface area contributed by atoms with Crippen LogP contribution in [0.2, 0.25) is 0 Å². The number of aromatic nitrogens is 3. The quantitative estimate of drug-likeness (QED) is 0.656. The van der Waals surface area contributed by atoms with Crippen molar-refractivity contribution in [2.24, 2.45) is 5.41 Å². The predicted molar refractivity (Wildman–Crippen MR) is 99.2 cm³/mol. The van der Waals surface area contributed by atoms with Gasteiger partial charge < -0.3 is 0 Å². The molecule has 3 heterocycles. The zero-order valence-electron chi connectivity index (χ0n) is 13.3. The van der Waals surface area contributed by atoms with Crippen LogP contribution in [0.1, 0.15) is 18.4 Å². The van der Waals surface area contributed by atoms with Crippen molar-refractivity contribution in [3.8, 4) is 11.8 Å². The van der Waals surface area contributed by atoms with Crippen molar-refractivity contribution in [2.75, 3.05) is 0 Å². The van der Waals surface area contributed by atoms with E-state index in [1.54, 1.807) is 22.9 Å². The Morgan fingerprint density at radius 1 is 1.36 bits per heavy atom. The fourth-order valence-electron chi connectivity index (χ4n) is 2.92. The van der Waals surface area contributed by atoms with Crippen LogP contribution in [0.5, 0.6) is 0 Å². The molecule has 0 bridgehead atoms. The molecule has 1 saturated carbocycles. The summed E-state index contributed by atoms with van der Waals surface area (Å²) in [7, 11) is 0. The van der Waals surface area contributed by atoms with Crippen LogP contribution in [0.4, 0.5) is 0 Å². The van der Waals surface area contributed by atoms with E-state index < -0.39 is 11.1 Å². The molecule has 6 nitrogen and oxygen atoms in total. The lowest BCUT2D eigenvalue weighted by atomic mass is 10.1. The van der Waals surface area contributed by atoms with Gasteiger partial charge in [0.15, 0.2) is 0 Å². The highest BCUT2D eigenvalue weighted by Gasteiger charge is 2.44. The van der Waals surface area contributed by atoms with Gasteiger partial charge in [0.2, 0.25) is 0 Å². The second-order valence-electron chi connectivity index (χ2n) is 6.39. The van der Waals surface area contributed by atoms with Crippen LogP contribution in [0.25, 0.3) is 15.9 Å². The number of aryl methyl sites for hydroxylation is 1. The van der Waals surface area contributed by atoms with Crippen molar-refractivity contribution in [3.63, 3.8) is 0 Å². The van der Waals surface area contributed by atoms with Gasteiger partial charge in [-0.1, -0.05) is 0 Å². The summed E-state index contributed by atoms with van der Waals surface area (Å²) in [4.78, 5) is 30.1. The minimum atomic E-state index is -0.502. The van der Waals surface area contributed by atoms with Crippen molar-refractivity contribution in [2.45, 2.75) is 26.3 Å². The zero-order chi connectivity index (χ0) is 17.8. The van der Waals surface area contributed by atoms with E-state index in [9.17, 15) is 14.9 Å². The molecule has 1 aliphatic carbocycles. The minimum Gasteiger partial charge on any atom is -0.290 e. The summed E-state index contributed by atoms with van der Waals surface area (Å²) in [6, 6.07) is 5.84. The van der Waals surface area contributed by atoms with E-state index in [0.29, 0.717) is 22.4 Å². The average Bonchev–Trinajstić information content (AvgIpc) is 3.25. The first-order chi connectivity index (χ1) is 11.9. The maximum Gasteiger partial charge on any atom is 0.336 e. The Labute approximate surface area is 155 Å². The number of pyridine rings is 1. The molecular formula is C17H13BrN4O2S. The molecule has 0 radical (unpaired) electrons. The molecule has 0 saturated heterocycles. The van der Waals surface area contributed by atoms with Crippen molar-refractivity contribution in [1.29, 1.82) is 5.26 Å². The fourth-order valence-corrected chi connectivity index (χ4v) is 4.44. The first kappa shape index (κ1) is 16.2. The Balaban J connectivity index is 2.06. The lowest BCUT2D eigenvalue weighted by Gasteiger charge is -2.14. The standard InChI is InChI=1S/C17H13BrN4O2S/c1-10-4-11(7-20-6-10)22-15(23)14-12(5-13(18)25-14)21(16(22)24)9-17(8-19)2-3-17/h4-7H,2-3,9H2,1H3. The highest BCUT2D eigenvalue weighted by molar-refractivity contribution is 9.11. The fraction of sp³-hybridized carbons (Fsp3) is 0.294. The third kappa shape index (κ3) is 2.64. The highest BCUT2D eigenvalue weighted by Crippen LogP contribution is 2.46. The van der Waals surface area contributed by atoms with Crippen LogP contribution in [-0.2, 0) is 6.54 Å². The first-order valence-corrected chi connectivity index (χ1v) is 9.33. The summed E-state index contributed by atoms with van der Waals surface area (Å²) < 4.78 is 3.96. The van der Waals surface area contributed by atoms with Gasteiger partial charge in [0.1, 0.15) is 4.70 Å². The van der Waals surface area contributed by atoms with Gasteiger partial charge >= 0.3 is 5.69 Å². The number of nitriles is 1. The lowest BCUT2D eigenvalue weighted by molar-refractivity contribution is 0.513. The van der Waals surface area contributed by atoms with E-state index in [-0.39, 0.29) is 5.56 Å². The highest BCUT2D eigenvalue weighted by atomic mass is 79.9. The van der Waals surface area contributed by atoms with Gasteiger partial charge in [-0.3, -0.25) is 14.3 Å². The van der Waals surface area contributed by atoms with Gasteiger partial charge in [-0.15, -0.1) is 11.3 Å². The third-order valence-corrected chi connectivity index (χ3v) is 6.08. The summed E-state index contributed by atoms with van der Waals surface area (Å²) in [6.07, 6.45) is 4.72. The zero-order valence-corrected chi connectivity index (χ0v) is 15.7. The van der Waals surface area contributed by atoms with Gasteiger partial charge in [0, 0.05) is 12.7 Å². The summed E-state index contributed by atoms with van der Waals surface area (Å²) in [6.45, 7) is 2.15. The number of nitrogens with zero attached hydrogens (tertiary/aromatic N) is 4. The molecule has 0 aliphatic heterocycles. The lowest BCUT2D eigenvalue weighted by Crippen LogP contribution is -2.39. The summed E-state index contributed by atoms with van der Waals surface area (Å²) in [5.41, 5.74) is 0.580. The largest absolute Gasteiger partial charge is 0.336 e. The number of hydrogen-bond donors (Lipinski definition) is 0. The Kier molecular flexibility index (Phi) is 3.67. The first-order valence-electron chi connectivity index (χ1n) is 7.72. The summed E-state index contributed by atoms with van der Waals surface area (Å²) in [5, 5.41) is 9.41. The predicted octanol–water partition coefficient (Wildman–Crippen LogP) is 2.98. The molecule has 0 unspecified atom stereocenters. The number of hydrogen-bond acceptors (Lipinski definition) is 5. The molecule has 0 amide bonds. The molecule has 0 spiro atoms. The molecule has 25 heavy (non-hydrogen) atoms. The van der Waals surface area contributed by atoms with Gasteiger partial charge in [0.25, 0.3) is 5.56 Å². The number of rotatable bonds is 3. The van der Waals surface area contributed by atoms with E-state index in [0.717, 1.165) is 26.8 Å². The van der Waals surface area contributed by atoms with Crippen molar-refractivity contribution >= 4 is 37.5 Å². The molecule has 0 aromatic carbocycles. The topological polar surface area (TPSA) is 80.7 Å². The van der Waals surface area contributed by atoms with Crippen LogP contribution in [-0.4, -0.2) is 14.1 Å². The maximum atomic E-state index is 13.1. The normalized spacial score (nSPS) is 15.2. The molecule has 1 fully saturated rings. The molecule has 8 heteroatoms. The van der Waals surface area contributed by atoms with E-state index in [4.69, 9.17) is 0 Å². The van der Waals surface area contributed by atoms with E-state index in [1.807, 2.05) is 6.92 Å². The van der Waals surface area contributed by atoms with Gasteiger partial charge in [-0.05, 0) is 53.4 Å². The van der Waals surface area contributed by atoms with E-state index >= 15 is 0 Å². The second-order valence-corrected chi connectivity index (χ2v) is 8.82. The Hall–Kier alpha value is -2.24. The number of fused-ring (bicyclic) bond motifs is 1. The van der Waals surface area contributed by atoms with Crippen molar-refractivity contribution < 1.29 is 0 Å².